The number of fused-ring (bicyclic) bond motifs is 4. The highest BCUT2D eigenvalue weighted by atomic mass is 35.5. The molecule has 0 aliphatic carbocycles. The molecule has 1 amide bonds. The van der Waals surface area contributed by atoms with Gasteiger partial charge < -0.3 is 14.1 Å². The number of nitrogens with zero attached hydrogens (tertiary/aromatic N) is 1. The number of benzene rings is 3. The smallest absolute Gasteiger partial charge is 0.290 e. The topological polar surface area (TPSA) is 59.8 Å². The number of furan rings is 1. The molecular weight excluding hydrogens is 462 g/mol. The summed E-state index contributed by atoms with van der Waals surface area (Å²) in [5.74, 6) is 0.592. The summed E-state index contributed by atoms with van der Waals surface area (Å²) in [6, 6.07) is 19.1. The van der Waals surface area contributed by atoms with Crippen LogP contribution in [0.15, 0.2) is 65.1 Å². The van der Waals surface area contributed by atoms with Gasteiger partial charge in [0.1, 0.15) is 16.9 Å². The number of aryl methyl sites for hydroxylation is 1. The van der Waals surface area contributed by atoms with Crippen molar-refractivity contribution in [3.8, 4) is 5.75 Å². The van der Waals surface area contributed by atoms with Crippen LogP contribution in [0.25, 0.3) is 11.0 Å². The Hall–Kier alpha value is -3.57. The van der Waals surface area contributed by atoms with Crippen molar-refractivity contribution < 1.29 is 18.7 Å². The highest BCUT2D eigenvalue weighted by Crippen LogP contribution is 2.44. The Bertz CT molecular complexity index is 1500. The molecule has 3 aromatic carbocycles. The van der Waals surface area contributed by atoms with Crippen molar-refractivity contribution >= 4 is 34.3 Å². The van der Waals surface area contributed by atoms with Crippen LogP contribution < -0.4 is 4.74 Å². The fourth-order valence-electron chi connectivity index (χ4n) is 5.34. The number of carbonyl (C=O) groups excluding carboxylic acids is 2. The van der Waals surface area contributed by atoms with Crippen molar-refractivity contribution in [2.45, 2.75) is 38.8 Å². The molecule has 0 spiro atoms. The molecule has 0 N–H and O–H groups in total. The van der Waals surface area contributed by atoms with Crippen LogP contribution in [0.1, 0.15) is 56.5 Å². The van der Waals surface area contributed by atoms with Gasteiger partial charge in [-0.05, 0) is 61.2 Å². The number of hydrogen-bond donors (Lipinski definition) is 0. The maximum Gasteiger partial charge on any atom is 0.290 e. The van der Waals surface area contributed by atoms with Gasteiger partial charge >= 0.3 is 0 Å². The predicted molar refractivity (Wildman–Crippen MR) is 134 cm³/mol. The Morgan fingerprint density at radius 3 is 2.54 bits per heavy atom. The SMILES string of the molecule is Cc1c(C(=O)N2CCc3ccccc3C2)oc2ccc3c(c12)C(=O)C[C@@](C)(c1ccc(Cl)cc1)O3. The summed E-state index contributed by atoms with van der Waals surface area (Å²) >= 11 is 6.05. The summed E-state index contributed by atoms with van der Waals surface area (Å²) in [5.41, 5.74) is 4.19. The summed E-state index contributed by atoms with van der Waals surface area (Å²) < 4.78 is 12.5. The molecule has 35 heavy (non-hydrogen) atoms. The van der Waals surface area contributed by atoms with E-state index >= 15 is 0 Å². The zero-order valence-corrected chi connectivity index (χ0v) is 20.3. The lowest BCUT2D eigenvalue weighted by atomic mass is 9.84. The van der Waals surface area contributed by atoms with Gasteiger partial charge in [-0.2, -0.15) is 0 Å². The van der Waals surface area contributed by atoms with Crippen LogP contribution in [0.5, 0.6) is 5.75 Å². The minimum Gasteiger partial charge on any atom is -0.482 e. The van der Waals surface area contributed by atoms with Gasteiger partial charge in [0, 0.05) is 29.1 Å². The Labute approximate surface area is 208 Å². The van der Waals surface area contributed by atoms with Crippen LogP contribution in [0, 0.1) is 6.92 Å². The van der Waals surface area contributed by atoms with Crippen molar-refractivity contribution in [3.05, 3.63) is 99.3 Å². The molecular formula is C29H24ClNO4. The standard InChI is InChI=1S/C29H24ClNO4/c1-17-25-23(34-27(17)28(33)31-14-13-18-5-3-4-6-19(18)16-31)11-12-24-26(25)22(32)15-29(2,35-24)20-7-9-21(30)10-8-20/h3-12H,13-16H2,1-2H3/t29-/m0/s1. The van der Waals surface area contributed by atoms with Gasteiger partial charge in [-0.1, -0.05) is 48.0 Å². The predicted octanol–water partition coefficient (Wildman–Crippen LogP) is 6.47. The van der Waals surface area contributed by atoms with Gasteiger partial charge in [-0.3, -0.25) is 9.59 Å². The number of hydrogen-bond acceptors (Lipinski definition) is 4. The van der Waals surface area contributed by atoms with E-state index in [0.717, 1.165) is 17.5 Å². The minimum atomic E-state index is -0.806. The van der Waals surface area contributed by atoms with Gasteiger partial charge in [0.25, 0.3) is 5.91 Å². The summed E-state index contributed by atoms with van der Waals surface area (Å²) in [6.45, 7) is 4.93. The highest BCUT2D eigenvalue weighted by Gasteiger charge is 2.40. The van der Waals surface area contributed by atoms with E-state index in [9.17, 15) is 9.59 Å². The van der Waals surface area contributed by atoms with Crippen molar-refractivity contribution in [2.24, 2.45) is 0 Å². The highest BCUT2D eigenvalue weighted by molar-refractivity contribution is 6.30. The molecule has 0 unspecified atom stereocenters. The van der Waals surface area contributed by atoms with Crippen LogP contribution in [0.4, 0.5) is 0 Å². The number of ether oxygens (including phenoxy) is 1. The van der Waals surface area contributed by atoms with E-state index in [1.807, 2.05) is 43.0 Å². The van der Waals surface area contributed by atoms with E-state index in [4.69, 9.17) is 20.8 Å². The first-order chi connectivity index (χ1) is 16.8. The molecule has 1 atom stereocenters. The molecule has 1 aromatic heterocycles. The van der Waals surface area contributed by atoms with Crippen LogP contribution >= 0.6 is 11.6 Å². The molecule has 3 heterocycles. The van der Waals surface area contributed by atoms with E-state index in [1.54, 1.807) is 24.3 Å². The van der Waals surface area contributed by atoms with Crippen LogP contribution in [0.2, 0.25) is 5.02 Å². The summed E-state index contributed by atoms with van der Waals surface area (Å²) in [5, 5.41) is 1.29. The molecule has 6 heteroatoms. The third-order valence-electron chi connectivity index (χ3n) is 7.24. The maximum atomic E-state index is 13.5. The van der Waals surface area contributed by atoms with Crippen molar-refractivity contribution in [1.29, 1.82) is 0 Å². The fourth-order valence-corrected chi connectivity index (χ4v) is 5.46. The molecule has 176 valence electrons. The van der Waals surface area contributed by atoms with Crippen molar-refractivity contribution in [3.63, 3.8) is 0 Å². The number of halogens is 1. The Balaban J connectivity index is 1.37. The quantitative estimate of drug-likeness (QED) is 0.326. The Kier molecular flexibility index (Phi) is 5.01. The van der Waals surface area contributed by atoms with Crippen LogP contribution in [-0.2, 0) is 18.6 Å². The largest absolute Gasteiger partial charge is 0.482 e. The second-order valence-corrected chi connectivity index (χ2v) is 9.99. The maximum absolute atomic E-state index is 13.5. The van der Waals surface area contributed by atoms with E-state index in [-0.39, 0.29) is 23.9 Å². The Morgan fingerprint density at radius 1 is 1.03 bits per heavy atom. The first-order valence-electron chi connectivity index (χ1n) is 11.7. The molecule has 2 aliphatic rings. The molecule has 0 bridgehead atoms. The van der Waals surface area contributed by atoms with E-state index in [2.05, 4.69) is 12.1 Å². The lowest BCUT2D eigenvalue weighted by molar-refractivity contribution is 0.0507. The molecule has 4 aromatic rings. The molecule has 0 saturated heterocycles. The molecule has 5 nitrogen and oxygen atoms in total. The van der Waals surface area contributed by atoms with E-state index in [0.29, 0.717) is 46.0 Å². The van der Waals surface area contributed by atoms with Crippen LogP contribution in [-0.4, -0.2) is 23.1 Å². The number of ketones is 1. The summed E-state index contributed by atoms with van der Waals surface area (Å²) in [7, 11) is 0. The van der Waals surface area contributed by atoms with E-state index in [1.165, 1.54) is 5.56 Å². The van der Waals surface area contributed by atoms with Gasteiger partial charge in [0.15, 0.2) is 11.5 Å². The normalized spacial score (nSPS) is 19.3. The molecule has 0 saturated carbocycles. The monoisotopic (exact) mass is 485 g/mol. The third kappa shape index (κ3) is 3.53. The van der Waals surface area contributed by atoms with Crippen molar-refractivity contribution in [2.75, 3.05) is 6.54 Å². The average molecular weight is 486 g/mol. The zero-order valence-electron chi connectivity index (χ0n) is 19.6. The number of rotatable bonds is 2. The van der Waals surface area contributed by atoms with Gasteiger partial charge in [0.05, 0.1) is 12.0 Å². The first kappa shape index (κ1) is 21.9. The lowest BCUT2D eigenvalue weighted by Gasteiger charge is -2.35. The first-order valence-corrected chi connectivity index (χ1v) is 12.1. The fraction of sp³-hybridized carbons (Fsp3) is 0.241. The number of carbonyl (C=O) groups is 2. The molecule has 0 radical (unpaired) electrons. The van der Waals surface area contributed by atoms with Crippen molar-refractivity contribution in [1.82, 2.24) is 4.90 Å². The molecule has 2 aliphatic heterocycles. The summed E-state index contributed by atoms with van der Waals surface area (Å²) in [6.07, 6.45) is 0.990. The second kappa shape index (κ2) is 7.99. The third-order valence-corrected chi connectivity index (χ3v) is 7.49. The van der Waals surface area contributed by atoms with Gasteiger partial charge in [0.2, 0.25) is 0 Å². The number of amides is 1. The zero-order chi connectivity index (χ0) is 24.3. The van der Waals surface area contributed by atoms with E-state index < -0.39 is 5.60 Å². The van der Waals surface area contributed by atoms with Gasteiger partial charge in [-0.15, -0.1) is 0 Å². The minimum absolute atomic E-state index is 0.0379. The molecule has 6 rings (SSSR count). The lowest BCUT2D eigenvalue weighted by Crippen LogP contribution is -2.36. The van der Waals surface area contributed by atoms with Gasteiger partial charge in [-0.25, -0.2) is 0 Å². The van der Waals surface area contributed by atoms with Crippen LogP contribution in [0.3, 0.4) is 0 Å². The second-order valence-electron chi connectivity index (χ2n) is 9.55. The Morgan fingerprint density at radius 2 is 1.77 bits per heavy atom. The number of Topliss-reactive ketones (excluding diaryl/α,β-unsaturated/α-hetero) is 1. The summed E-state index contributed by atoms with van der Waals surface area (Å²) in [4.78, 5) is 28.8. The average Bonchev–Trinajstić information content (AvgIpc) is 3.19. The molecule has 0 fully saturated rings.